The Morgan fingerprint density at radius 2 is 2.05 bits per heavy atom. The number of nitrogens with two attached hydrogens (primary N) is 1. The summed E-state index contributed by atoms with van der Waals surface area (Å²) in [5.74, 6) is -2.33. The van der Waals surface area contributed by atoms with Crippen molar-refractivity contribution >= 4 is 5.91 Å². The summed E-state index contributed by atoms with van der Waals surface area (Å²) in [5, 5.41) is 2.50. The van der Waals surface area contributed by atoms with E-state index in [-0.39, 0.29) is 19.6 Å². The van der Waals surface area contributed by atoms with Gasteiger partial charge in [0, 0.05) is 13.7 Å². The molecule has 0 saturated heterocycles. The lowest BCUT2D eigenvalue weighted by molar-refractivity contribution is -0.195. The van der Waals surface area contributed by atoms with Crippen LogP contribution in [0.15, 0.2) is 0 Å². The van der Waals surface area contributed by atoms with E-state index in [1.54, 1.807) is 0 Å². The molecule has 1 saturated carbocycles. The molecule has 3 atom stereocenters. The number of rotatable bonds is 5. The second kappa shape index (κ2) is 7.09. The monoisotopic (exact) mass is 282 g/mol. The molecule has 1 rings (SSSR count). The quantitative estimate of drug-likeness (QED) is 0.802. The van der Waals surface area contributed by atoms with Gasteiger partial charge in [-0.05, 0) is 18.8 Å². The number of nitrogens with one attached hydrogen (secondary N) is 1. The molecule has 0 radical (unpaired) electrons. The number of halogens is 3. The maximum absolute atomic E-state index is 12.8. The number of hydrogen-bond donors (Lipinski definition) is 2. The van der Waals surface area contributed by atoms with Gasteiger partial charge in [-0.3, -0.25) is 4.79 Å². The summed E-state index contributed by atoms with van der Waals surface area (Å²) in [6, 6.07) is -0.835. The fourth-order valence-electron chi connectivity index (χ4n) is 2.50. The summed E-state index contributed by atoms with van der Waals surface area (Å²) >= 11 is 0. The van der Waals surface area contributed by atoms with Gasteiger partial charge in [0.15, 0.2) is 0 Å². The number of ether oxygens (including phenoxy) is 1. The number of amides is 1. The normalized spacial score (nSPS) is 25.9. The number of hydrogen-bond acceptors (Lipinski definition) is 3. The Bertz CT molecular complexity index is 297. The van der Waals surface area contributed by atoms with E-state index in [4.69, 9.17) is 10.5 Å². The number of methoxy groups -OCH3 is 1. The van der Waals surface area contributed by atoms with E-state index < -0.39 is 30.0 Å². The van der Waals surface area contributed by atoms with Crippen molar-refractivity contribution < 1.29 is 22.7 Å². The molecule has 0 aliphatic heterocycles. The molecule has 3 N–H and O–H groups in total. The Labute approximate surface area is 110 Å². The van der Waals surface area contributed by atoms with Crippen LogP contribution in [-0.4, -0.2) is 38.4 Å². The first kappa shape index (κ1) is 16.2. The van der Waals surface area contributed by atoms with Gasteiger partial charge in [0.1, 0.15) is 6.04 Å². The van der Waals surface area contributed by atoms with E-state index in [1.807, 2.05) is 0 Å². The minimum Gasteiger partial charge on any atom is -0.383 e. The summed E-state index contributed by atoms with van der Waals surface area (Å²) in [4.78, 5) is 11.5. The maximum Gasteiger partial charge on any atom is 0.392 e. The van der Waals surface area contributed by atoms with Gasteiger partial charge in [-0.1, -0.05) is 12.8 Å². The van der Waals surface area contributed by atoms with E-state index in [0.717, 1.165) is 6.42 Å². The zero-order chi connectivity index (χ0) is 14.5. The molecule has 0 aromatic rings. The molecular formula is C12H21F3N2O2. The first-order valence-corrected chi connectivity index (χ1v) is 6.45. The first-order valence-electron chi connectivity index (χ1n) is 6.45. The summed E-state index contributed by atoms with van der Waals surface area (Å²) < 4.78 is 43.2. The Balaban J connectivity index is 2.47. The van der Waals surface area contributed by atoms with Gasteiger partial charge in [-0.15, -0.1) is 0 Å². The van der Waals surface area contributed by atoms with E-state index >= 15 is 0 Å². The fraction of sp³-hybridized carbons (Fsp3) is 0.917. The van der Waals surface area contributed by atoms with Crippen LogP contribution in [0.1, 0.15) is 25.7 Å². The highest BCUT2D eigenvalue weighted by Crippen LogP contribution is 2.41. The molecule has 1 aliphatic rings. The summed E-state index contributed by atoms with van der Waals surface area (Å²) in [6.07, 6.45) is -2.18. The molecule has 0 heterocycles. The SMILES string of the molecule is COCC(N)C(=O)NCC1CCCCC1C(F)(F)F. The average molecular weight is 282 g/mol. The highest BCUT2D eigenvalue weighted by atomic mass is 19.4. The highest BCUT2D eigenvalue weighted by Gasteiger charge is 2.45. The lowest BCUT2D eigenvalue weighted by Crippen LogP contribution is -2.47. The Morgan fingerprint density at radius 1 is 1.42 bits per heavy atom. The molecular weight excluding hydrogens is 261 g/mol. The van der Waals surface area contributed by atoms with Crippen molar-refractivity contribution in [3.05, 3.63) is 0 Å². The molecule has 4 nitrogen and oxygen atoms in total. The van der Waals surface area contributed by atoms with Crippen LogP contribution in [0.4, 0.5) is 13.2 Å². The first-order chi connectivity index (χ1) is 8.86. The Morgan fingerprint density at radius 3 is 2.63 bits per heavy atom. The number of carbonyl (C=O) groups excluding carboxylic acids is 1. The van der Waals surface area contributed by atoms with E-state index in [2.05, 4.69) is 5.32 Å². The summed E-state index contributed by atoms with van der Waals surface area (Å²) in [6.45, 7) is 0.0830. The van der Waals surface area contributed by atoms with E-state index in [9.17, 15) is 18.0 Å². The third-order valence-corrected chi connectivity index (χ3v) is 3.55. The van der Waals surface area contributed by atoms with Gasteiger partial charge in [0.05, 0.1) is 12.5 Å². The predicted octanol–water partition coefficient (Wildman–Crippen LogP) is 1.44. The molecule has 1 aliphatic carbocycles. The number of alkyl halides is 3. The van der Waals surface area contributed by atoms with Crippen molar-refractivity contribution in [2.24, 2.45) is 17.6 Å². The second-order valence-corrected chi connectivity index (χ2v) is 5.00. The third-order valence-electron chi connectivity index (χ3n) is 3.55. The molecule has 1 amide bonds. The average Bonchev–Trinajstić information content (AvgIpc) is 2.35. The largest absolute Gasteiger partial charge is 0.392 e. The predicted molar refractivity (Wildman–Crippen MR) is 64.4 cm³/mol. The highest BCUT2D eigenvalue weighted by molar-refractivity contribution is 5.81. The van der Waals surface area contributed by atoms with Crippen molar-refractivity contribution in [3.8, 4) is 0 Å². The van der Waals surface area contributed by atoms with Crippen molar-refractivity contribution in [2.75, 3.05) is 20.3 Å². The van der Waals surface area contributed by atoms with Gasteiger partial charge in [0.25, 0.3) is 0 Å². The molecule has 0 aromatic carbocycles. The molecule has 3 unspecified atom stereocenters. The molecule has 19 heavy (non-hydrogen) atoms. The zero-order valence-corrected chi connectivity index (χ0v) is 11.0. The number of carbonyl (C=O) groups is 1. The zero-order valence-electron chi connectivity index (χ0n) is 11.0. The molecule has 1 fully saturated rings. The van der Waals surface area contributed by atoms with Gasteiger partial charge in [-0.2, -0.15) is 13.2 Å². The van der Waals surface area contributed by atoms with Crippen LogP contribution in [-0.2, 0) is 9.53 Å². The summed E-state index contributed by atoms with van der Waals surface area (Å²) in [7, 11) is 1.41. The maximum atomic E-state index is 12.8. The van der Waals surface area contributed by atoms with E-state index in [0.29, 0.717) is 12.8 Å². The molecule has 0 aromatic heterocycles. The van der Waals surface area contributed by atoms with Crippen LogP contribution in [0, 0.1) is 11.8 Å². The minimum atomic E-state index is -4.19. The minimum absolute atomic E-state index is 0.0282. The fourth-order valence-corrected chi connectivity index (χ4v) is 2.50. The molecule has 112 valence electrons. The third kappa shape index (κ3) is 4.99. The van der Waals surface area contributed by atoms with Crippen molar-refractivity contribution in [1.82, 2.24) is 5.32 Å². The summed E-state index contributed by atoms with van der Waals surface area (Å²) in [5.41, 5.74) is 5.50. The van der Waals surface area contributed by atoms with E-state index in [1.165, 1.54) is 7.11 Å². The lowest BCUT2D eigenvalue weighted by atomic mass is 9.78. The van der Waals surface area contributed by atoms with Gasteiger partial charge < -0.3 is 15.8 Å². The topological polar surface area (TPSA) is 64.3 Å². The van der Waals surface area contributed by atoms with Crippen LogP contribution >= 0.6 is 0 Å². The van der Waals surface area contributed by atoms with Crippen molar-refractivity contribution in [3.63, 3.8) is 0 Å². The van der Waals surface area contributed by atoms with Crippen molar-refractivity contribution in [1.29, 1.82) is 0 Å². The lowest BCUT2D eigenvalue weighted by Gasteiger charge is -2.33. The Hall–Kier alpha value is -0.820. The van der Waals surface area contributed by atoms with Gasteiger partial charge in [-0.25, -0.2) is 0 Å². The van der Waals surface area contributed by atoms with Crippen molar-refractivity contribution in [2.45, 2.75) is 37.9 Å². The van der Waals surface area contributed by atoms with Crippen LogP contribution in [0.25, 0.3) is 0 Å². The van der Waals surface area contributed by atoms with Crippen LogP contribution in [0.5, 0.6) is 0 Å². The van der Waals surface area contributed by atoms with Gasteiger partial charge in [0.2, 0.25) is 5.91 Å². The van der Waals surface area contributed by atoms with Crippen LogP contribution in [0.2, 0.25) is 0 Å². The van der Waals surface area contributed by atoms with Gasteiger partial charge >= 0.3 is 6.18 Å². The smallest absolute Gasteiger partial charge is 0.383 e. The molecule has 0 spiro atoms. The molecule has 7 heteroatoms. The van der Waals surface area contributed by atoms with Crippen LogP contribution < -0.4 is 11.1 Å². The Kier molecular flexibility index (Phi) is 6.06. The second-order valence-electron chi connectivity index (χ2n) is 5.00. The molecule has 0 bridgehead atoms. The van der Waals surface area contributed by atoms with Crippen LogP contribution in [0.3, 0.4) is 0 Å². The standard InChI is InChI=1S/C12H21F3N2O2/c1-19-7-10(16)11(18)17-6-8-4-2-3-5-9(8)12(13,14)15/h8-10H,2-7,16H2,1H3,(H,17,18).